The molecule has 0 radical (unpaired) electrons. The average molecular weight is 843 g/mol. The van der Waals surface area contributed by atoms with Crippen LogP contribution in [0, 0.1) is 0 Å². The first kappa shape index (κ1) is 53.6. The molecule has 6 unspecified atom stereocenters. The molecule has 1 aliphatic rings. The number of carbonyl (C=O) groups is 2. The Morgan fingerprint density at radius 3 is 1.52 bits per heavy atom. The van der Waals surface area contributed by atoms with Gasteiger partial charge in [-0.3, -0.25) is 18.6 Å². The summed E-state index contributed by atoms with van der Waals surface area (Å²) >= 11 is 0. The van der Waals surface area contributed by atoms with Gasteiger partial charge in [-0.2, -0.15) is 0 Å². The summed E-state index contributed by atoms with van der Waals surface area (Å²) in [4.78, 5) is 35.6. The van der Waals surface area contributed by atoms with Crippen molar-refractivity contribution in [2.75, 3.05) is 13.2 Å². The lowest BCUT2D eigenvalue weighted by Gasteiger charge is -2.41. The number of unbranched alkanes of at least 4 members (excludes halogenated alkanes) is 12. The number of ether oxygens (including phenoxy) is 2. The van der Waals surface area contributed by atoms with E-state index in [0.29, 0.717) is 12.8 Å². The molecule has 1 saturated carbocycles. The maximum atomic E-state index is 12.8. The van der Waals surface area contributed by atoms with Crippen LogP contribution in [0.1, 0.15) is 149 Å². The zero-order chi connectivity index (χ0) is 42.9. The predicted octanol–water partition coefficient (Wildman–Crippen LogP) is 7.77. The maximum absolute atomic E-state index is 12.8. The van der Waals surface area contributed by atoms with Crippen molar-refractivity contribution in [3.63, 3.8) is 0 Å². The summed E-state index contributed by atoms with van der Waals surface area (Å²) in [7, 11) is -5.13. The van der Waals surface area contributed by atoms with E-state index in [2.05, 4.69) is 74.6 Å². The number of aliphatic hydroxyl groups is 5. The van der Waals surface area contributed by atoms with Crippen LogP contribution < -0.4 is 0 Å². The van der Waals surface area contributed by atoms with Gasteiger partial charge < -0.3 is 39.9 Å². The smallest absolute Gasteiger partial charge is 0.462 e. The van der Waals surface area contributed by atoms with Gasteiger partial charge in [0.1, 0.15) is 43.2 Å². The van der Waals surface area contributed by atoms with Gasteiger partial charge in [0.25, 0.3) is 0 Å². The Morgan fingerprint density at radius 2 is 0.966 bits per heavy atom. The van der Waals surface area contributed by atoms with E-state index < -0.39 is 75.7 Å². The van der Waals surface area contributed by atoms with Crippen LogP contribution in [-0.4, -0.2) is 98.3 Å². The Bertz CT molecular complexity index is 1250. The number of esters is 2. The monoisotopic (exact) mass is 842 g/mol. The van der Waals surface area contributed by atoms with Gasteiger partial charge >= 0.3 is 19.8 Å². The molecular weight excluding hydrogens is 767 g/mol. The van der Waals surface area contributed by atoms with E-state index in [9.17, 15) is 44.6 Å². The molecule has 6 N–H and O–H groups in total. The van der Waals surface area contributed by atoms with Gasteiger partial charge in [-0.25, -0.2) is 4.57 Å². The molecule has 1 rings (SSSR count). The highest BCUT2D eigenvalue weighted by Gasteiger charge is 2.51. The molecule has 0 aliphatic heterocycles. The third-order valence-electron chi connectivity index (χ3n) is 9.56. The molecule has 1 fully saturated rings. The summed E-state index contributed by atoms with van der Waals surface area (Å²) in [6.07, 6.45) is 27.1. The van der Waals surface area contributed by atoms with Crippen molar-refractivity contribution in [2.24, 2.45) is 0 Å². The second kappa shape index (κ2) is 34.3. The van der Waals surface area contributed by atoms with E-state index in [1.807, 2.05) is 0 Å². The van der Waals surface area contributed by atoms with Crippen molar-refractivity contribution in [1.82, 2.24) is 0 Å². The third kappa shape index (κ3) is 26.6. The van der Waals surface area contributed by atoms with Crippen molar-refractivity contribution < 1.29 is 63.1 Å². The Labute approximate surface area is 347 Å². The molecule has 58 heavy (non-hydrogen) atoms. The lowest BCUT2D eigenvalue weighted by Crippen LogP contribution is -2.64. The van der Waals surface area contributed by atoms with E-state index >= 15 is 0 Å². The van der Waals surface area contributed by atoms with Crippen molar-refractivity contribution >= 4 is 19.8 Å². The van der Waals surface area contributed by atoms with Crippen LogP contribution in [0.25, 0.3) is 0 Å². The number of rotatable bonds is 34. The molecule has 13 nitrogen and oxygen atoms in total. The summed E-state index contributed by atoms with van der Waals surface area (Å²) in [6, 6.07) is 0. The van der Waals surface area contributed by atoms with E-state index in [1.54, 1.807) is 0 Å². The number of aliphatic hydroxyl groups excluding tert-OH is 5. The molecule has 0 aromatic rings. The predicted molar refractivity (Wildman–Crippen MR) is 226 cm³/mol. The normalized spacial score (nSPS) is 23.1. The van der Waals surface area contributed by atoms with Crippen LogP contribution >= 0.6 is 7.82 Å². The topological polar surface area (TPSA) is 210 Å². The first-order valence-corrected chi connectivity index (χ1v) is 23.1. The number of allylic oxidation sites excluding steroid dienone is 10. The fourth-order valence-corrected chi connectivity index (χ4v) is 7.01. The van der Waals surface area contributed by atoms with Gasteiger partial charge in [-0.1, -0.05) is 120 Å². The van der Waals surface area contributed by atoms with Crippen molar-refractivity contribution in [3.8, 4) is 0 Å². The Hall–Kier alpha value is -2.45. The van der Waals surface area contributed by atoms with E-state index in [4.69, 9.17) is 18.5 Å². The second-order valence-corrected chi connectivity index (χ2v) is 16.2. The minimum Gasteiger partial charge on any atom is -0.462 e. The molecule has 14 heteroatoms. The van der Waals surface area contributed by atoms with Crippen LogP contribution in [0.15, 0.2) is 60.8 Å². The number of phosphoric acid groups is 1. The number of hydrogen-bond acceptors (Lipinski definition) is 12. The molecule has 0 amide bonds. The average Bonchev–Trinajstić information content (AvgIpc) is 3.20. The van der Waals surface area contributed by atoms with Crippen molar-refractivity contribution in [2.45, 2.75) is 191 Å². The molecule has 0 aromatic heterocycles. The van der Waals surface area contributed by atoms with Gasteiger partial charge in [-0.05, 0) is 77.0 Å². The van der Waals surface area contributed by atoms with Crippen LogP contribution in [-0.2, 0) is 32.7 Å². The van der Waals surface area contributed by atoms with Gasteiger partial charge in [-0.15, -0.1) is 0 Å². The fraction of sp³-hybridized carbons (Fsp3) is 0.727. The number of hydrogen-bond donors (Lipinski definition) is 6. The molecule has 0 aromatic carbocycles. The lowest BCUT2D eigenvalue weighted by atomic mass is 9.85. The first-order chi connectivity index (χ1) is 27.9. The first-order valence-electron chi connectivity index (χ1n) is 21.6. The van der Waals surface area contributed by atoms with Crippen molar-refractivity contribution in [3.05, 3.63) is 60.8 Å². The van der Waals surface area contributed by atoms with Crippen molar-refractivity contribution in [1.29, 1.82) is 0 Å². The minimum absolute atomic E-state index is 0.0764. The van der Waals surface area contributed by atoms with Gasteiger partial charge in [0.2, 0.25) is 0 Å². The third-order valence-corrected chi connectivity index (χ3v) is 10.5. The second-order valence-electron chi connectivity index (χ2n) is 14.8. The zero-order valence-electron chi connectivity index (χ0n) is 35.1. The summed E-state index contributed by atoms with van der Waals surface area (Å²) in [6.45, 7) is 3.14. The highest BCUT2D eigenvalue weighted by Crippen LogP contribution is 2.47. The van der Waals surface area contributed by atoms with E-state index in [0.717, 1.165) is 83.5 Å². The van der Waals surface area contributed by atoms with Crippen LogP contribution in [0.4, 0.5) is 0 Å². The molecule has 334 valence electrons. The maximum Gasteiger partial charge on any atom is 0.472 e. The number of carbonyl (C=O) groups excluding carboxylic acids is 2. The largest absolute Gasteiger partial charge is 0.472 e. The Morgan fingerprint density at radius 1 is 0.534 bits per heavy atom. The molecule has 1 aliphatic carbocycles. The summed E-state index contributed by atoms with van der Waals surface area (Å²) < 4.78 is 33.4. The standard InChI is InChI=1S/C44H75O13P/c1-3-5-7-9-11-13-15-17-18-19-20-21-23-24-26-28-30-32-37(45)54-34-36(56-38(46)33-31-29-27-25-22-16-14-12-10-8-6-4-2)35-55-58(52,53)57-44-42(50)40(48)39(47)41(49)43(44)51/h7,9,12-15,18-19,21,23,36,39-44,47-51H,3-6,8,10-11,16-17,20,22,24-35H2,1-2H3,(H,52,53)/b9-7+,14-12+,15-13+,19-18+,23-21+/t36-,39?,40-,41?,42?,43?,44?/m0/s1. The minimum atomic E-state index is -5.13. The summed E-state index contributed by atoms with van der Waals surface area (Å²) in [5, 5.41) is 50.0. The highest BCUT2D eigenvalue weighted by molar-refractivity contribution is 7.47. The zero-order valence-corrected chi connectivity index (χ0v) is 36.0. The van der Waals surface area contributed by atoms with Gasteiger partial charge in [0.15, 0.2) is 6.10 Å². The van der Waals surface area contributed by atoms with Crippen LogP contribution in [0.5, 0.6) is 0 Å². The number of phosphoric ester groups is 1. The molecule has 0 bridgehead atoms. The molecule has 0 saturated heterocycles. The van der Waals surface area contributed by atoms with Crippen LogP contribution in [0.2, 0.25) is 0 Å². The van der Waals surface area contributed by atoms with E-state index in [-0.39, 0.29) is 12.8 Å². The highest BCUT2D eigenvalue weighted by atomic mass is 31.2. The Kier molecular flexibility index (Phi) is 31.7. The molecule has 0 spiro atoms. The summed E-state index contributed by atoms with van der Waals surface area (Å²) in [5.74, 6) is -1.15. The SMILES string of the molecule is CCC/C=C/C/C=C/C/C=C/C/C=C/CCCCCC(=O)OC[C@@H](COP(=O)(O)OC1C(O)C(O)C(O)[C@H](O)C1O)OC(=O)CCCCCCC/C=C/CCCCC. The Balaban J connectivity index is 2.52. The van der Waals surface area contributed by atoms with Gasteiger partial charge in [0, 0.05) is 12.8 Å². The fourth-order valence-electron chi connectivity index (χ4n) is 6.04. The summed E-state index contributed by atoms with van der Waals surface area (Å²) in [5.41, 5.74) is 0. The molecular formula is C44H75O13P. The van der Waals surface area contributed by atoms with E-state index in [1.165, 1.54) is 25.7 Å². The van der Waals surface area contributed by atoms with Crippen LogP contribution in [0.3, 0.4) is 0 Å². The molecule has 8 atom stereocenters. The van der Waals surface area contributed by atoms with Gasteiger partial charge in [0.05, 0.1) is 6.61 Å². The molecule has 0 heterocycles. The quantitative estimate of drug-likeness (QED) is 0.0159. The lowest BCUT2D eigenvalue weighted by molar-refractivity contribution is -0.220.